The third kappa shape index (κ3) is 4.45. The van der Waals surface area contributed by atoms with Crippen LogP contribution in [-0.2, 0) is 11.2 Å². The molecule has 0 amide bonds. The molecule has 1 aromatic carbocycles. The summed E-state index contributed by atoms with van der Waals surface area (Å²) in [4.78, 5) is 10.7. The van der Waals surface area contributed by atoms with Crippen molar-refractivity contribution >= 4 is 5.78 Å². The average molecular weight is 204 g/mol. The van der Waals surface area contributed by atoms with Crippen LogP contribution in [0.3, 0.4) is 0 Å². The minimum absolute atomic E-state index is 0.0287. The van der Waals surface area contributed by atoms with Crippen molar-refractivity contribution in [1.29, 1.82) is 0 Å². The smallest absolute Gasteiger partial charge is 0.167 e. The van der Waals surface area contributed by atoms with Crippen molar-refractivity contribution in [1.82, 2.24) is 0 Å². The van der Waals surface area contributed by atoms with E-state index in [4.69, 9.17) is 4.74 Å². The van der Waals surface area contributed by atoms with E-state index in [2.05, 4.69) is 6.58 Å². The van der Waals surface area contributed by atoms with Crippen LogP contribution in [0.25, 0.3) is 0 Å². The van der Waals surface area contributed by atoms with Gasteiger partial charge in [0.15, 0.2) is 5.78 Å². The number of carbonyl (C=O) groups is 1. The highest BCUT2D eigenvalue weighted by Crippen LogP contribution is 2.14. The first-order valence-corrected chi connectivity index (χ1v) is 4.93. The summed E-state index contributed by atoms with van der Waals surface area (Å²) in [5, 5.41) is 0. The average Bonchev–Trinajstić information content (AvgIpc) is 2.16. The molecule has 15 heavy (non-hydrogen) atoms. The van der Waals surface area contributed by atoms with Crippen LogP contribution in [0, 0.1) is 0 Å². The van der Waals surface area contributed by atoms with Crippen molar-refractivity contribution in [3.8, 4) is 5.75 Å². The molecule has 2 nitrogen and oxygen atoms in total. The number of hydrogen-bond donors (Lipinski definition) is 0. The Morgan fingerprint density at radius 1 is 1.27 bits per heavy atom. The van der Waals surface area contributed by atoms with E-state index in [1.807, 2.05) is 31.2 Å². The van der Waals surface area contributed by atoms with Crippen molar-refractivity contribution in [2.24, 2.45) is 0 Å². The van der Waals surface area contributed by atoms with E-state index in [0.29, 0.717) is 0 Å². The van der Waals surface area contributed by atoms with Gasteiger partial charge in [0.05, 0.1) is 0 Å². The summed E-state index contributed by atoms with van der Waals surface area (Å²) in [6.07, 6.45) is 0.882. The van der Waals surface area contributed by atoms with Gasteiger partial charge in [-0.1, -0.05) is 24.3 Å². The number of ketones is 1. The molecule has 2 heteroatoms. The van der Waals surface area contributed by atoms with Gasteiger partial charge in [-0.3, -0.25) is 4.79 Å². The van der Waals surface area contributed by atoms with Crippen LogP contribution < -0.4 is 4.74 Å². The lowest BCUT2D eigenvalue weighted by Crippen LogP contribution is -2.06. The predicted molar refractivity (Wildman–Crippen MR) is 61.1 cm³/mol. The van der Waals surface area contributed by atoms with Gasteiger partial charge >= 0.3 is 0 Å². The molecule has 0 bridgehead atoms. The van der Waals surface area contributed by atoms with E-state index < -0.39 is 0 Å². The quantitative estimate of drug-likeness (QED) is 0.689. The Morgan fingerprint density at radius 2 is 1.87 bits per heavy atom. The highest BCUT2D eigenvalue weighted by molar-refractivity contribution is 5.77. The van der Waals surface area contributed by atoms with Gasteiger partial charge in [0, 0.05) is 0 Å². The molecule has 0 saturated heterocycles. The topological polar surface area (TPSA) is 26.3 Å². The zero-order valence-electron chi connectivity index (χ0n) is 9.25. The summed E-state index contributed by atoms with van der Waals surface area (Å²) in [7, 11) is 0. The Balaban J connectivity index is 2.56. The minimum Gasteiger partial charge on any atom is -0.486 e. The molecule has 0 aromatic heterocycles. The molecule has 0 saturated carbocycles. The van der Waals surface area contributed by atoms with Crippen LogP contribution in [0.1, 0.15) is 19.4 Å². The number of benzene rings is 1. The fraction of sp³-hybridized carbons (Fsp3) is 0.308. The molecule has 0 unspecified atom stereocenters. The molecule has 1 rings (SSSR count). The van der Waals surface area contributed by atoms with Gasteiger partial charge in [0.2, 0.25) is 0 Å². The van der Waals surface area contributed by atoms with Gasteiger partial charge in [-0.25, -0.2) is 0 Å². The number of carbonyl (C=O) groups excluding carboxylic acids is 1. The van der Waals surface area contributed by atoms with Crippen LogP contribution >= 0.6 is 0 Å². The molecule has 0 N–H and O–H groups in total. The molecule has 0 heterocycles. The molecule has 0 aliphatic rings. The standard InChI is InChI=1S/C13H16O2/c1-10(2)8-12-4-6-13(7-5-12)15-9-11(3)14/h4-7H,1,8-9H2,2-3H3. The Hall–Kier alpha value is -1.57. The molecule has 0 fully saturated rings. The van der Waals surface area contributed by atoms with Crippen molar-refractivity contribution in [3.63, 3.8) is 0 Å². The van der Waals surface area contributed by atoms with Gasteiger partial charge in [0.1, 0.15) is 12.4 Å². The van der Waals surface area contributed by atoms with Gasteiger partial charge in [-0.05, 0) is 38.0 Å². The zero-order valence-corrected chi connectivity index (χ0v) is 9.25. The summed E-state index contributed by atoms with van der Waals surface area (Å²) >= 11 is 0. The van der Waals surface area contributed by atoms with Gasteiger partial charge in [0.25, 0.3) is 0 Å². The number of rotatable bonds is 5. The number of allylic oxidation sites excluding steroid dienone is 1. The molecule has 0 radical (unpaired) electrons. The normalized spacial score (nSPS) is 9.73. The summed E-state index contributed by atoms with van der Waals surface area (Å²) in [6, 6.07) is 7.73. The minimum atomic E-state index is 0.0287. The van der Waals surface area contributed by atoms with E-state index in [1.54, 1.807) is 0 Å². The molecule has 0 atom stereocenters. The van der Waals surface area contributed by atoms with Crippen LogP contribution in [0.15, 0.2) is 36.4 Å². The fourth-order valence-electron chi connectivity index (χ4n) is 1.24. The Kier molecular flexibility index (Phi) is 4.10. The van der Waals surface area contributed by atoms with Crippen LogP contribution in [0.4, 0.5) is 0 Å². The maximum atomic E-state index is 10.7. The highest BCUT2D eigenvalue weighted by atomic mass is 16.5. The van der Waals surface area contributed by atoms with E-state index >= 15 is 0 Å². The van der Waals surface area contributed by atoms with E-state index in [9.17, 15) is 4.79 Å². The Bertz CT molecular complexity index is 349. The van der Waals surface area contributed by atoms with E-state index in [1.165, 1.54) is 12.5 Å². The third-order valence-corrected chi connectivity index (χ3v) is 1.87. The maximum Gasteiger partial charge on any atom is 0.167 e. The first kappa shape index (κ1) is 11.5. The Labute approximate surface area is 90.6 Å². The lowest BCUT2D eigenvalue weighted by atomic mass is 10.1. The predicted octanol–water partition coefficient (Wildman–Crippen LogP) is 2.77. The van der Waals surface area contributed by atoms with Crippen molar-refractivity contribution < 1.29 is 9.53 Å². The fourth-order valence-corrected chi connectivity index (χ4v) is 1.24. The lowest BCUT2D eigenvalue weighted by molar-refractivity contribution is -0.118. The van der Waals surface area contributed by atoms with Crippen LogP contribution in [0.2, 0.25) is 0 Å². The summed E-state index contributed by atoms with van der Waals surface area (Å²) in [5.41, 5.74) is 2.34. The molecular weight excluding hydrogens is 188 g/mol. The van der Waals surface area contributed by atoms with Crippen molar-refractivity contribution in [2.45, 2.75) is 20.3 Å². The first-order chi connectivity index (χ1) is 7.08. The van der Waals surface area contributed by atoms with Gasteiger partial charge < -0.3 is 4.74 Å². The van der Waals surface area contributed by atoms with Crippen molar-refractivity contribution in [3.05, 3.63) is 42.0 Å². The SMILES string of the molecule is C=C(C)Cc1ccc(OCC(C)=O)cc1. The summed E-state index contributed by atoms with van der Waals surface area (Å²) in [6.45, 7) is 7.50. The highest BCUT2D eigenvalue weighted by Gasteiger charge is 1.97. The third-order valence-electron chi connectivity index (χ3n) is 1.87. The summed E-state index contributed by atoms with van der Waals surface area (Å²) < 4.78 is 5.26. The van der Waals surface area contributed by atoms with Crippen LogP contribution in [-0.4, -0.2) is 12.4 Å². The van der Waals surface area contributed by atoms with Crippen molar-refractivity contribution in [2.75, 3.05) is 6.61 Å². The summed E-state index contributed by atoms with van der Waals surface area (Å²) in [5.74, 6) is 0.761. The monoisotopic (exact) mass is 204 g/mol. The van der Waals surface area contributed by atoms with Crippen LogP contribution in [0.5, 0.6) is 5.75 Å². The number of Topliss-reactive ketones (excluding diaryl/α,β-unsaturated/α-hetero) is 1. The molecule has 0 aliphatic carbocycles. The second-order valence-electron chi connectivity index (χ2n) is 3.77. The molecule has 0 aliphatic heterocycles. The second-order valence-corrected chi connectivity index (χ2v) is 3.77. The maximum absolute atomic E-state index is 10.7. The lowest BCUT2D eigenvalue weighted by Gasteiger charge is -2.05. The number of ether oxygens (including phenoxy) is 1. The van der Waals surface area contributed by atoms with Gasteiger partial charge in [-0.15, -0.1) is 0 Å². The molecule has 80 valence electrons. The van der Waals surface area contributed by atoms with E-state index in [-0.39, 0.29) is 12.4 Å². The first-order valence-electron chi connectivity index (χ1n) is 4.93. The largest absolute Gasteiger partial charge is 0.486 e. The number of hydrogen-bond acceptors (Lipinski definition) is 2. The zero-order chi connectivity index (χ0) is 11.3. The molecular formula is C13H16O2. The molecule has 1 aromatic rings. The van der Waals surface area contributed by atoms with E-state index in [0.717, 1.165) is 17.7 Å². The van der Waals surface area contributed by atoms with Gasteiger partial charge in [-0.2, -0.15) is 0 Å². The molecule has 0 spiro atoms. The second kappa shape index (κ2) is 5.35. The Morgan fingerprint density at radius 3 is 2.33 bits per heavy atom.